The molecule has 2 nitrogen and oxygen atoms in total. The molecule has 2 unspecified atom stereocenters. The van der Waals surface area contributed by atoms with Crippen molar-refractivity contribution < 1.29 is 9.13 Å². The number of hydrogen-bond donors (Lipinski definition) is 1. The van der Waals surface area contributed by atoms with E-state index in [1.165, 1.54) is 6.07 Å². The molecule has 94 valence electrons. The molecule has 2 atom stereocenters. The lowest BCUT2D eigenvalue weighted by molar-refractivity contribution is -0.0820. The van der Waals surface area contributed by atoms with Crippen LogP contribution in [0.25, 0.3) is 0 Å². The van der Waals surface area contributed by atoms with Gasteiger partial charge in [-0.05, 0) is 50.3 Å². The lowest BCUT2D eigenvalue weighted by Gasteiger charge is -2.39. The topological polar surface area (TPSA) is 35.2 Å². The molecular formula is C14H20FNO. The van der Waals surface area contributed by atoms with E-state index in [1.807, 2.05) is 6.07 Å². The number of ether oxygens (including phenoxy) is 1. The lowest BCUT2D eigenvalue weighted by atomic mass is 9.84. The van der Waals surface area contributed by atoms with E-state index in [0.29, 0.717) is 5.56 Å². The van der Waals surface area contributed by atoms with E-state index in [2.05, 4.69) is 6.92 Å². The van der Waals surface area contributed by atoms with Gasteiger partial charge in [-0.25, -0.2) is 4.39 Å². The second-order valence-corrected chi connectivity index (χ2v) is 5.10. The molecule has 0 amide bonds. The minimum absolute atomic E-state index is 0.185. The Morgan fingerprint density at radius 3 is 2.76 bits per heavy atom. The Morgan fingerprint density at radius 2 is 2.18 bits per heavy atom. The smallest absolute Gasteiger partial charge is 0.126 e. The highest BCUT2D eigenvalue weighted by molar-refractivity contribution is 5.28. The van der Waals surface area contributed by atoms with Gasteiger partial charge in [-0.1, -0.05) is 12.1 Å². The Hall–Kier alpha value is -0.930. The van der Waals surface area contributed by atoms with E-state index in [4.69, 9.17) is 10.5 Å². The highest BCUT2D eigenvalue weighted by Crippen LogP contribution is 2.35. The standard InChI is InChI=1S/C14H20FNO/c1-10-9-11(5-6-12(10)15)13(16)14(2)7-3-4-8-17-14/h5-6,9,13H,3-4,7-8,16H2,1-2H3. The Bertz CT molecular complexity index is 399. The summed E-state index contributed by atoms with van der Waals surface area (Å²) in [7, 11) is 0. The first kappa shape index (κ1) is 12.5. The Balaban J connectivity index is 2.23. The quantitative estimate of drug-likeness (QED) is 0.857. The van der Waals surface area contributed by atoms with E-state index in [1.54, 1.807) is 13.0 Å². The summed E-state index contributed by atoms with van der Waals surface area (Å²) in [4.78, 5) is 0. The van der Waals surface area contributed by atoms with Crippen LogP contribution in [0.4, 0.5) is 4.39 Å². The van der Waals surface area contributed by atoms with Crippen molar-refractivity contribution >= 4 is 0 Å². The van der Waals surface area contributed by atoms with Crippen molar-refractivity contribution in [2.24, 2.45) is 5.73 Å². The van der Waals surface area contributed by atoms with Crippen LogP contribution in [0.5, 0.6) is 0 Å². The van der Waals surface area contributed by atoms with Crippen molar-refractivity contribution in [3.8, 4) is 0 Å². The average molecular weight is 237 g/mol. The minimum atomic E-state index is -0.317. The fraction of sp³-hybridized carbons (Fsp3) is 0.571. The van der Waals surface area contributed by atoms with Crippen LogP contribution in [0, 0.1) is 12.7 Å². The van der Waals surface area contributed by atoms with Crippen molar-refractivity contribution in [3.05, 3.63) is 35.1 Å². The zero-order valence-corrected chi connectivity index (χ0v) is 10.5. The highest BCUT2D eigenvalue weighted by atomic mass is 19.1. The van der Waals surface area contributed by atoms with E-state index in [-0.39, 0.29) is 17.5 Å². The summed E-state index contributed by atoms with van der Waals surface area (Å²) in [5.41, 5.74) is 7.55. The first-order valence-electron chi connectivity index (χ1n) is 6.18. The van der Waals surface area contributed by atoms with Gasteiger partial charge in [0.15, 0.2) is 0 Å². The summed E-state index contributed by atoms with van der Waals surface area (Å²) in [6.07, 6.45) is 3.21. The van der Waals surface area contributed by atoms with Gasteiger partial charge in [0.25, 0.3) is 0 Å². The molecule has 0 spiro atoms. The molecule has 3 heteroatoms. The molecule has 0 bridgehead atoms. The monoisotopic (exact) mass is 237 g/mol. The van der Waals surface area contributed by atoms with Gasteiger partial charge >= 0.3 is 0 Å². The third-order valence-corrected chi connectivity index (χ3v) is 3.70. The SMILES string of the molecule is Cc1cc(C(N)C2(C)CCCCO2)ccc1F. The molecule has 1 heterocycles. The maximum Gasteiger partial charge on any atom is 0.126 e. The van der Waals surface area contributed by atoms with Gasteiger partial charge in [0, 0.05) is 6.61 Å². The Kier molecular flexibility index (Phi) is 3.50. The van der Waals surface area contributed by atoms with Gasteiger partial charge in [0.1, 0.15) is 5.82 Å². The predicted molar refractivity (Wildman–Crippen MR) is 66.3 cm³/mol. The largest absolute Gasteiger partial charge is 0.373 e. The predicted octanol–water partition coefficient (Wildman–Crippen LogP) is 3.09. The molecule has 17 heavy (non-hydrogen) atoms. The third-order valence-electron chi connectivity index (χ3n) is 3.70. The summed E-state index contributed by atoms with van der Waals surface area (Å²) in [5, 5.41) is 0. The van der Waals surface area contributed by atoms with Gasteiger partial charge < -0.3 is 10.5 Å². The van der Waals surface area contributed by atoms with Crippen LogP contribution in [-0.2, 0) is 4.74 Å². The molecule has 1 aromatic rings. The molecule has 2 rings (SSSR count). The molecule has 1 saturated heterocycles. The van der Waals surface area contributed by atoms with Crippen LogP contribution in [0.2, 0.25) is 0 Å². The molecule has 0 aromatic heterocycles. The molecule has 1 aliphatic rings. The fourth-order valence-corrected chi connectivity index (χ4v) is 2.41. The van der Waals surface area contributed by atoms with Crippen molar-refractivity contribution in [3.63, 3.8) is 0 Å². The van der Waals surface area contributed by atoms with Gasteiger partial charge in [0.05, 0.1) is 11.6 Å². The Morgan fingerprint density at radius 1 is 1.41 bits per heavy atom. The van der Waals surface area contributed by atoms with Crippen LogP contribution in [-0.4, -0.2) is 12.2 Å². The van der Waals surface area contributed by atoms with Crippen LogP contribution in [0.1, 0.15) is 43.4 Å². The molecule has 0 radical (unpaired) electrons. The third kappa shape index (κ3) is 2.50. The molecule has 1 aliphatic heterocycles. The van der Waals surface area contributed by atoms with E-state index in [9.17, 15) is 4.39 Å². The van der Waals surface area contributed by atoms with Gasteiger partial charge in [-0.15, -0.1) is 0 Å². The number of nitrogens with two attached hydrogens (primary N) is 1. The zero-order valence-electron chi connectivity index (χ0n) is 10.5. The maximum absolute atomic E-state index is 13.2. The van der Waals surface area contributed by atoms with Gasteiger partial charge in [-0.3, -0.25) is 0 Å². The molecule has 0 aliphatic carbocycles. The van der Waals surface area contributed by atoms with Crippen LogP contribution >= 0.6 is 0 Å². The molecular weight excluding hydrogens is 217 g/mol. The van der Waals surface area contributed by atoms with E-state index < -0.39 is 0 Å². The second-order valence-electron chi connectivity index (χ2n) is 5.10. The van der Waals surface area contributed by atoms with Crippen molar-refractivity contribution in [2.45, 2.75) is 44.8 Å². The highest BCUT2D eigenvalue weighted by Gasteiger charge is 2.35. The van der Waals surface area contributed by atoms with Crippen molar-refractivity contribution in [1.82, 2.24) is 0 Å². The normalized spacial score (nSPS) is 26.8. The molecule has 1 fully saturated rings. The lowest BCUT2D eigenvalue weighted by Crippen LogP contribution is -2.43. The summed E-state index contributed by atoms with van der Waals surface area (Å²) in [6, 6.07) is 4.87. The average Bonchev–Trinajstić information content (AvgIpc) is 2.33. The van der Waals surface area contributed by atoms with Gasteiger partial charge in [-0.2, -0.15) is 0 Å². The van der Waals surface area contributed by atoms with Crippen molar-refractivity contribution in [1.29, 1.82) is 0 Å². The van der Waals surface area contributed by atoms with E-state index in [0.717, 1.165) is 31.4 Å². The molecule has 1 aromatic carbocycles. The number of halogens is 1. The summed E-state index contributed by atoms with van der Waals surface area (Å²) >= 11 is 0. The zero-order chi connectivity index (χ0) is 12.5. The van der Waals surface area contributed by atoms with Crippen LogP contribution in [0.15, 0.2) is 18.2 Å². The van der Waals surface area contributed by atoms with Crippen molar-refractivity contribution in [2.75, 3.05) is 6.61 Å². The van der Waals surface area contributed by atoms with Crippen LogP contribution in [0.3, 0.4) is 0 Å². The van der Waals surface area contributed by atoms with E-state index >= 15 is 0 Å². The molecule has 2 N–H and O–H groups in total. The van der Waals surface area contributed by atoms with Gasteiger partial charge in [0.2, 0.25) is 0 Å². The number of rotatable bonds is 2. The minimum Gasteiger partial charge on any atom is -0.373 e. The fourth-order valence-electron chi connectivity index (χ4n) is 2.41. The first-order valence-corrected chi connectivity index (χ1v) is 6.18. The number of aryl methyl sites for hydroxylation is 1. The maximum atomic E-state index is 13.2. The summed E-state index contributed by atoms with van der Waals surface area (Å²) in [6.45, 7) is 4.58. The number of benzene rings is 1. The van der Waals surface area contributed by atoms with Crippen LogP contribution < -0.4 is 5.73 Å². The summed E-state index contributed by atoms with van der Waals surface area (Å²) in [5.74, 6) is -0.185. The second kappa shape index (κ2) is 4.75. The first-order chi connectivity index (χ1) is 8.03. The number of hydrogen-bond acceptors (Lipinski definition) is 2. The summed E-state index contributed by atoms with van der Waals surface area (Å²) < 4.78 is 19.1. The Labute approximate surface area is 102 Å². The molecule has 0 saturated carbocycles.